The number of amides is 1. The van der Waals surface area contributed by atoms with E-state index in [4.69, 9.17) is 4.74 Å². The van der Waals surface area contributed by atoms with Gasteiger partial charge in [-0.15, -0.1) is 0 Å². The molecule has 2 aromatic rings. The van der Waals surface area contributed by atoms with E-state index in [1.807, 2.05) is 13.8 Å². The molecule has 0 radical (unpaired) electrons. The van der Waals surface area contributed by atoms with E-state index < -0.39 is 0 Å². The zero-order valence-corrected chi connectivity index (χ0v) is 17.3. The summed E-state index contributed by atoms with van der Waals surface area (Å²) in [5, 5.41) is 2.85. The molecule has 1 aliphatic rings. The van der Waals surface area contributed by atoms with Crippen LogP contribution in [0.25, 0.3) is 0 Å². The smallest absolute Gasteiger partial charge is 0.258 e. The topological polar surface area (TPSA) is 70.6 Å². The van der Waals surface area contributed by atoms with E-state index in [1.165, 1.54) is 23.9 Å². The van der Waals surface area contributed by atoms with Crippen LogP contribution in [0.1, 0.15) is 35.3 Å². The van der Waals surface area contributed by atoms with E-state index in [9.17, 15) is 4.79 Å². The standard InChI is InChI=1S/C21H29N5O2/c1-14(2)23-19(27)17-13-22-21(24-20(17)28-5)26-11-9-25(10-12-26)18-8-6-7-15(3)16(18)4/h6-8,13-14H,9-12H2,1-5H3,(H,23,27). The molecule has 0 spiro atoms. The van der Waals surface area contributed by atoms with Gasteiger partial charge in [0.25, 0.3) is 5.91 Å². The number of ether oxygens (including phenoxy) is 1. The zero-order valence-electron chi connectivity index (χ0n) is 17.3. The van der Waals surface area contributed by atoms with Gasteiger partial charge < -0.3 is 19.9 Å². The Labute approximate surface area is 166 Å². The Hall–Kier alpha value is -2.83. The SMILES string of the molecule is COc1nc(N2CCN(c3cccc(C)c3C)CC2)ncc1C(=O)NC(C)C. The third kappa shape index (κ3) is 4.18. The molecule has 0 atom stereocenters. The Kier molecular flexibility index (Phi) is 6.02. The summed E-state index contributed by atoms with van der Waals surface area (Å²) < 4.78 is 5.35. The average molecular weight is 383 g/mol. The molecule has 0 bridgehead atoms. The maximum Gasteiger partial charge on any atom is 0.258 e. The van der Waals surface area contributed by atoms with E-state index in [1.54, 1.807) is 6.20 Å². The number of hydrogen-bond donors (Lipinski definition) is 1. The van der Waals surface area contributed by atoms with Gasteiger partial charge in [0.1, 0.15) is 5.56 Å². The second-order valence-electron chi connectivity index (χ2n) is 7.41. The van der Waals surface area contributed by atoms with Gasteiger partial charge in [-0.1, -0.05) is 12.1 Å². The second kappa shape index (κ2) is 8.46. The molecule has 150 valence electrons. The Morgan fingerprint density at radius 2 is 1.82 bits per heavy atom. The van der Waals surface area contributed by atoms with E-state index in [0.717, 1.165) is 26.2 Å². The van der Waals surface area contributed by atoms with Crippen molar-refractivity contribution in [2.75, 3.05) is 43.1 Å². The molecule has 0 unspecified atom stereocenters. The van der Waals surface area contributed by atoms with Gasteiger partial charge >= 0.3 is 0 Å². The number of hydrogen-bond acceptors (Lipinski definition) is 6. The van der Waals surface area contributed by atoms with Crippen LogP contribution in [0, 0.1) is 13.8 Å². The van der Waals surface area contributed by atoms with Crippen LogP contribution in [0.15, 0.2) is 24.4 Å². The van der Waals surface area contributed by atoms with E-state index in [0.29, 0.717) is 17.4 Å². The average Bonchev–Trinajstić information content (AvgIpc) is 2.69. The molecule has 1 N–H and O–H groups in total. The predicted octanol–water partition coefficient (Wildman–Crippen LogP) is 2.57. The summed E-state index contributed by atoms with van der Waals surface area (Å²) in [6, 6.07) is 6.47. The molecular formula is C21H29N5O2. The lowest BCUT2D eigenvalue weighted by molar-refractivity contribution is 0.0939. The largest absolute Gasteiger partial charge is 0.480 e. The van der Waals surface area contributed by atoms with Crippen molar-refractivity contribution in [3.63, 3.8) is 0 Å². The minimum absolute atomic E-state index is 0.0371. The highest BCUT2D eigenvalue weighted by Crippen LogP contribution is 2.25. The van der Waals surface area contributed by atoms with Crippen LogP contribution >= 0.6 is 0 Å². The van der Waals surface area contributed by atoms with Crippen LogP contribution < -0.4 is 19.9 Å². The fraction of sp³-hybridized carbons (Fsp3) is 0.476. The summed E-state index contributed by atoms with van der Waals surface area (Å²) in [5.74, 6) is 0.678. The molecule has 1 aromatic carbocycles. The molecule has 28 heavy (non-hydrogen) atoms. The van der Waals surface area contributed by atoms with Crippen molar-refractivity contribution in [2.24, 2.45) is 0 Å². The van der Waals surface area contributed by atoms with Gasteiger partial charge in [0, 0.05) is 44.1 Å². The van der Waals surface area contributed by atoms with Gasteiger partial charge in [0.05, 0.1) is 7.11 Å². The highest BCUT2D eigenvalue weighted by atomic mass is 16.5. The van der Waals surface area contributed by atoms with Crippen molar-refractivity contribution < 1.29 is 9.53 Å². The first-order valence-corrected chi connectivity index (χ1v) is 9.68. The van der Waals surface area contributed by atoms with E-state index in [-0.39, 0.29) is 11.9 Å². The van der Waals surface area contributed by atoms with Gasteiger partial charge in [0.15, 0.2) is 0 Å². The number of carbonyl (C=O) groups is 1. The van der Waals surface area contributed by atoms with Gasteiger partial charge in [-0.25, -0.2) is 4.98 Å². The van der Waals surface area contributed by atoms with Crippen molar-refractivity contribution in [1.82, 2.24) is 15.3 Å². The molecule has 0 aliphatic carbocycles. The number of nitrogens with zero attached hydrogens (tertiary/aromatic N) is 4. The maximum atomic E-state index is 12.3. The fourth-order valence-electron chi connectivity index (χ4n) is 3.39. The maximum absolute atomic E-state index is 12.3. The Morgan fingerprint density at radius 1 is 1.14 bits per heavy atom. The van der Waals surface area contributed by atoms with Crippen molar-refractivity contribution in [3.05, 3.63) is 41.1 Å². The Balaban J connectivity index is 1.72. The number of aryl methyl sites for hydroxylation is 1. The van der Waals surface area contributed by atoms with Crippen LogP contribution in [-0.4, -0.2) is 55.2 Å². The number of piperazine rings is 1. The number of methoxy groups -OCH3 is 1. The molecule has 1 aromatic heterocycles. The van der Waals surface area contributed by atoms with E-state index in [2.05, 4.69) is 57.1 Å². The number of carbonyl (C=O) groups excluding carboxylic acids is 1. The predicted molar refractivity (Wildman–Crippen MR) is 112 cm³/mol. The zero-order chi connectivity index (χ0) is 20.3. The number of nitrogens with one attached hydrogen (secondary N) is 1. The highest BCUT2D eigenvalue weighted by molar-refractivity contribution is 5.96. The summed E-state index contributed by atoms with van der Waals surface area (Å²) in [4.78, 5) is 25.7. The van der Waals surface area contributed by atoms with E-state index >= 15 is 0 Å². The number of rotatable bonds is 5. The molecule has 7 heteroatoms. The van der Waals surface area contributed by atoms with Crippen LogP contribution in [-0.2, 0) is 0 Å². The number of benzene rings is 1. The van der Waals surface area contributed by atoms with Gasteiger partial charge in [-0.3, -0.25) is 4.79 Å². The highest BCUT2D eigenvalue weighted by Gasteiger charge is 2.23. The third-order valence-corrected chi connectivity index (χ3v) is 5.08. The van der Waals surface area contributed by atoms with Gasteiger partial charge in [-0.05, 0) is 44.9 Å². The molecule has 7 nitrogen and oxygen atoms in total. The first-order chi connectivity index (χ1) is 13.4. The summed E-state index contributed by atoms with van der Waals surface area (Å²) in [5.41, 5.74) is 4.28. The molecule has 1 fully saturated rings. The molecule has 2 heterocycles. The quantitative estimate of drug-likeness (QED) is 0.856. The lowest BCUT2D eigenvalue weighted by Gasteiger charge is -2.37. The van der Waals surface area contributed by atoms with Crippen LogP contribution in [0.5, 0.6) is 5.88 Å². The second-order valence-corrected chi connectivity index (χ2v) is 7.41. The van der Waals surface area contributed by atoms with Gasteiger partial charge in [-0.2, -0.15) is 4.98 Å². The first kappa shape index (κ1) is 19.9. The van der Waals surface area contributed by atoms with Gasteiger partial charge in [0.2, 0.25) is 11.8 Å². The molecule has 1 amide bonds. The van der Waals surface area contributed by atoms with Crippen molar-refractivity contribution in [1.29, 1.82) is 0 Å². The third-order valence-electron chi connectivity index (χ3n) is 5.08. The minimum Gasteiger partial charge on any atom is -0.480 e. The minimum atomic E-state index is -0.224. The van der Waals surface area contributed by atoms with Crippen LogP contribution in [0.2, 0.25) is 0 Å². The summed E-state index contributed by atoms with van der Waals surface area (Å²) in [7, 11) is 1.52. The lowest BCUT2D eigenvalue weighted by Crippen LogP contribution is -2.47. The molecule has 1 aliphatic heterocycles. The number of aromatic nitrogens is 2. The summed E-state index contributed by atoms with van der Waals surface area (Å²) in [6.07, 6.45) is 1.55. The Bertz CT molecular complexity index is 845. The first-order valence-electron chi connectivity index (χ1n) is 9.68. The van der Waals surface area contributed by atoms with Crippen LogP contribution in [0.4, 0.5) is 11.6 Å². The normalized spacial score (nSPS) is 14.4. The summed E-state index contributed by atoms with van der Waals surface area (Å²) in [6.45, 7) is 11.6. The van der Waals surface area contributed by atoms with Crippen LogP contribution in [0.3, 0.4) is 0 Å². The van der Waals surface area contributed by atoms with Crippen molar-refractivity contribution >= 4 is 17.5 Å². The van der Waals surface area contributed by atoms with Crippen molar-refractivity contribution in [2.45, 2.75) is 33.7 Å². The fourth-order valence-corrected chi connectivity index (χ4v) is 3.39. The molecule has 0 saturated carbocycles. The molecule has 1 saturated heterocycles. The summed E-state index contributed by atoms with van der Waals surface area (Å²) >= 11 is 0. The lowest BCUT2D eigenvalue weighted by atomic mass is 10.1. The number of anilines is 2. The van der Waals surface area contributed by atoms with Crippen molar-refractivity contribution in [3.8, 4) is 5.88 Å². The monoisotopic (exact) mass is 383 g/mol. The Morgan fingerprint density at radius 3 is 2.46 bits per heavy atom. The molecular weight excluding hydrogens is 354 g/mol. The molecule has 3 rings (SSSR count).